The molecule has 0 heterocycles. The molecule has 0 bridgehead atoms. The van der Waals surface area contributed by atoms with Gasteiger partial charge in [0.25, 0.3) is 0 Å². The lowest BCUT2D eigenvalue weighted by atomic mass is 10.0. The third-order valence-corrected chi connectivity index (χ3v) is 4.21. The molecule has 2 aromatic rings. The number of hydrogen-bond acceptors (Lipinski definition) is 2. The Morgan fingerprint density at radius 3 is 1.80 bits per heavy atom. The first-order valence-corrected chi connectivity index (χ1v) is 8.34. The molecule has 106 valence electrons. The van der Waals surface area contributed by atoms with Gasteiger partial charge < -0.3 is 5.32 Å². The molecular weight excluding hydrogens is 262 g/mol. The Labute approximate surface area is 126 Å². The summed E-state index contributed by atoms with van der Waals surface area (Å²) in [6.45, 7) is 6.29. The largest absolute Gasteiger partial charge is 0.309 e. The standard InChI is InChI=1S/C18H23NS/c1-14(2)17-8-4-15(5-9-17)12-19-13-16-6-10-18(20-3)11-7-16/h4-11,14,19H,12-13H2,1-3H3. The number of hydrogen-bond donors (Lipinski definition) is 1. The van der Waals surface area contributed by atoms with Gasteiger partial charge in [-0.25, -0.2) is 0 Å². The molecule has 0 amide bonds. The van der Waals surface area contributed by atoms with E-state index in [0.29, 0.717) is 5.92 Å². The predicted molar refractivity (Wildman–Crippen MR) is 89.3 cm³/mol. The fourth-order valence-electron chi connectivity index (χ4n) is 2.11. The van der Waals surface area contributed by atoms with Crippen molar-refractivity contribution in [3.8, 4) is 0 Å². The van der Waals surface area contributed by atoms with Crippen molar-refractivity contribution in [2.75, 3.05) is 6.26 Å². The maximum Gasteiger partial charge on any atom is 0.0208 e. The van der Waals surface area contributed by atoms with Gasteiger partial charge in [0.1, 0.15) is 0 Å². The molecule has 0 saturated carbocycles. The van der Waals surface area contributed by atoms with Gasteiger partial charge in [-0.15, -0.1) is 11.8 Å². The van der Waals surface area contributed by atoms with Gasteiger partial charge in [-0.3, -0.25) is 0 Å². The van der Waals surface area contributed by atoms with Crippen molar-refractivity contribution >= 4 is 11.8 Å². The van der Waals surface area contributed by atoms with Crippen molar-refractivity contribution < 1.29 is 0 Å². The Morgan fingerprint density at radius 2 is 1.35 bits per heavy atom. The molecule has 0 aliphatic rings. The van der Waals surface area contributed by atoms with Crippen molar-refractivity contribution in [1.82, 2.24) is 5.32 Å². The summed E-state index contributed by atoms with van der Waals surface area (Å²) >= 11 is 1.78. The molecule has 20 heavy (non-hydrogen) atoms. The Kier molecular flexibility index (Phi) is 5.69. The topological polar surface area (TPSA) is 12.0 Å². The summed E-state index contributed by atoms with van der Waals surface area (Å²) in [5, 5.41) is 3.50. The highest BCUT2D eigenvalue weighted by Crippen LogP contribution is 2.16. The second kappa shape index (κ2) is 7.51. The second-order valence-corrected chi connectivity index (χ2v) is 6.23. The van der Waals surface area contributed by atoms with Crippen LogP contribution in [0, 0.1) is 0 Å². The van der Waals surface area contributed by atoms with Crippen LogP contribution in [0.15, 0.2) is 53.4 Å². The average Bonchev–Trinajstić information content (AvgIpc) is 2.48. The minimum atomic E-state index is 0.604. The van der Waals surface area contributed by atoms with Crippen molar-refractivity contribution in [2.24, 2.45) is 0 Å². The number of benzene rings is 2. The van der Waals surface area contributed by atoms with Crippen LogP contribution in [0.3, 0.4) is 0 Å². The second-order valence-electron chi connectivity index (χ2n) is 5.35. The smallest absolute Gasteiger partial charge is 0.0208 e. The summed E-state index contributed by atoms with van der Waals surface area (Å²) < 4.78 is 0. The highest BCUT2D eigenvalue weighted by atomic mass is 32.2. The average molecular weight is 285 g/mol. The molecule has 0 fully saturated rings. The Bertz CT molecular complexity index is 514. The molecule has 1 N–H and O–H groups in total. The molecule has 0 saturated heterocycles. The molecule has 0 aliphatic heterocycles. The van der Waals surface area contributed by atoms with Gasteiger partial charge >= 0.3 is 0 Å². The maximum atomic E-state index is 3.50. The third kappa shape index (κ3) is 4.39. The normalized spacial score (nSPS) is 11.0. The Morgan fingerprint density at radius 1 is 0.850 bits per heavy atom. The first-order valence-electron chi connectivity index (χ1n) is 7.11. The highest BCUT2D eigenvalue weighted by molar-refractivity contribution is 7.98. The molecule has 1 nitrogen and oxygen atoms in total. The summed E-state index contributed by atoms with van der Waals surface area (Å²) in [4.78, 5) is 1.32. The fourth-order valence-corrected chi connectivity index (χ4v) is 2.52. The number of nitrogens with one attached hydrogen (secondary N) is 1. The van der Waals surface area contributed by atoms with E-state index in [4.69, 9.17) is 0 Å². The van der Waals surface area contributed by atoms with Crippen LogP contribution < -0.4 is 5.32 Å². The van der Waals surface area contributed by atoms with Crippen LogP contribution in [0.1, 0.15) is 36.5 Å². The molecule has 0 atom stereocenters. The summed E-state index contributed by atoms with van der Waals surface area (Å²) in [6.07, 6.45) is 2.11. The minimum absolute atomic E-state index is 0.604. The van der Waals surface area contributed by atoms with Crippen molar-refractivity contribution in [1.29, 1.82) is 0 Å². The van der Waals surface area contributed by atoms with Gasteiger partial charge in [0, 0.05) is 18.0 Å². The van der Waals surface area contributed by atoms with Crippen molar-refractivity contribution in [3.63, 3.8) is 0 Å². The Hall–Kier alpha value is -1.25. The van der Waals surface area contributed by atoms with E-state index in [2.05, 4.69) is 74.0 Å². The first-order chi connectivity index (χ1) is 9.69. The van der Waals surface area contributed by atoms with Gasteiger partial charge in [0.15, 0.2) is 0 Å². The Balaban J connectivity index is 1.82. The summed E-state index contributed by atoms with van der Waals surface area (Å²) in [5.41, 5.74) is 4.08. The molecule has 0 unspecified atom stereocenters. The van der Waals surface area contributed by atoms with E-state index in [1.165, 1.54) is 21.6 Å². The molecule has 0 radical (unpaired) electrons. The van der Waals surface area contributed by atoms with Crippen LogP contribution in [0.25, 0.3) is 0 Å². The minimum Gasteiger partial charge on any atom is -0.309 e. The van der Waals surface area contributed by atoms with E-state index in [0.717, 1.165) is 13.1 Å². The van der Waals surface area contributed by atoms with Crippen molar-refractivity contribution in [3.05, 3.63) is 65.2 Å². The zero-order valence-electron chi connectivity index (χ0n) is 12.5. The lowest BCUT2D eigenvalue weighted by Crippen LogP contribution is -2.12. The monoisotopic (exact) mass is 285 g/mol. The maximum absolute atomic E-state index is 3.50. The molecule has 0 aliphatic carbocycles. The van der Waals surface area contributed by atoms with Crippen molar-refractivity contribution in [2.45, 2.75) is 37.8 Å². The first kappa shape index (κ1) is 15.1. The molecule has 2 aromatic carbocycles. The molecular formula is C18H23NS. The van der Waals surface area contributed by atoms with Crippen LogP contribution in [0.2, 0.25) is 0 Å². The summed E-state index contributed by atoms with van der Waals surface area (Å²) in [5.74, 6) is 0.604. The number of thioether (sulfide) groups is 1. The molecule has 0 spiro atoms. The van der Waals surface area contributed by atoms with Crippen LogP contribution >= 0.6 is 11.8 Å². The van der Waals surface area contributed by atoms with Crippen LogP contribution in [0.5, 0.6) is 0 Å². The zero-order chi connectivity index (χ0) is 14.4. The fraction of sp³-hybridized carbons (Fsp3) is 0.333. The van der Waals surface area contributed by atoms with E-state index in [9.17, 15) is 0 Å². The van der Waals surface area contributed by atoms with E-state index in [1.807, 2.05) is 0 Å². The summed E-state index contributed by atoms with van der Waals surface area (Å²) in [6, 6.07) is 17.7. The van der Waals surface area contributed by atoms with Gasteiger partial charge in [-0.2, -0.15) is 0 Å². The van der Waals surface area contributed by atoms with Gasteiger partial charge in [-0.05, 0) is 41.0 Å². The van der Waals surface area contributed by atoms with Gasteiger partial charge in [0.05, 0.1) is 0 Å². The molecule has 2 heteroatoms. The summed E-state index contributed by atoms with van der Waals surface area (Å²) in [7, 11) is 0. The van der Waals surface area contributed by atoms with Gasteiger partial charge in [-0.1, -0.05) is 50.2 Å². The number of rotatable bonds is 6. The van der Waals surface area contributed by atoms with Crippen LogP contribution in [-0.2, 0) is 13.1 Å². The zero-order valence-corrected chi connectivity index (χ0v) is 13.3. The quantitative estimate of drug-likeness (QED) is 0.764. The van der Waals surface area contributed by atoms with E-state index < -0.39 is 0 Å². The SMILES string of the molecule is CSc1ccc(CNCc2ccc(C(C)C)cc2)cc1. The van der Waals surface area contributed by atoms with E-state index in [-0.39, 0.29) is 0 Å². The van der Waals surface area contributed by atoms with Gasteiger partial charge in [0.2, 0.25) is 0 Å². The van der Waals surface area contributed by atoms with E-state index in [1.54, 1.807) is 11.8 Å². The molecule has 2 rings (SSSR count). The highest BCUT2D eigenvalue weighted by Gasteiger charge is 1.99. The van der Waals surface area contributed by atoms with E-state index >= 15 is 0 Å². The van der Waals surface area contributed by atoms with Crippen LogP contribution in [-0.4, -0.2) is 6.26 Å². The third-order valence-electron chi connectivity index (χ3n) is 3.46. The van der Waals surface area contributed by atoms with Crippen LogP contribution in [0.4, 0.5) is 0 Å². The lowest BCUT2D eigenvalue weighted by Gasteiger charge is -2.08. The lowest BCUT2D eigenvalue weighted by molar-refractivity contribution is 0.692. The molecule has 0 aromatic heterocycles. The predicted octanol–water partition coefficient (Wildman–Crippen LogP) is 4.82.